The smallest absolute Gasteiger partial charge is 0.264 e. The SMILES string of the molecule is COc1cccc([C@H]2CCCCN2Cc2nnc(-c3ccc(C)n3C)o2)c1. The lowest BCUT2D eigenvalue weighted by Gasteiger charge is -2.35. The molecular formula is C21H26N4O2. The number of rotatable bonds is 5. The molecular weight excluding hydrogens is 340 g/mol. The van der Waals surface area contributed by atoms with Gasteiger partial charge < -0.3 is 13.7 Å². The predicted molar refractivity (Wildman–Crippen MR) is 103 cm³/mol. The Morgan fingerprint density at radius 1 is 1.19 bits per heavy atom. The maximum absolute atomic E-state index is 5.99. The van der Waals surface area contributed by atoms with Crippen molar-refractivity contribution in [3.63, 3.8) is 0 Å². The molecule has 0 spiro atoms. The molecule has 0 unspecified atom stereocenters. The molecule has 6 nitrogen and oxygen atoms in total. The van der Waals surface area contributed by atoms with Gasteiger partial charge in [0.05, 0.1) is 13.7 Å². The van der Waals surface area contributed by atoms with Gasteiger partial charge in [0.15, 0.2) is 0 Å². The largest absolute Gasteiger partial charge is 0.497 e. The number of nitrogens with zero attached hydrogens (tertiary/aromatic N) is 4. The first kappa shape index (κ1) is 17.8. The molecule has 1 fully saturated rings. The molecule has 1 aromatic carbocycles. The second kappa shape index (κ2) is 7.56. The number of piperidine rings is 1. The minimum Gasteiger partial charge on any atom is -0.497 e. The molecule has 6 heteroatoms. The third-order valence-corrected chi connectivity index (χ3v) is 5.49. The van der Waals surface area contributed by atoms with Crippen molar-refractivity contribution < 1.29 is 9.15 Å². The standard InChI is InChI=1S/C21H26N4O2/c1-15-10-11-19(24(15)2)21-23-22-20(27-21)14-25-12-5-4-9-18(25)16-7-6-8-17(13-16)26-3/h6-8,10-11,13,18H,4-5,9,12,14H2,1-3H3/t18-/m1/s1. The van der Waals surface area contributed by atoms with Crippen molar-refractivity contribution in [1.82, 2.24) is 19.7 Å². The number of aromatic nitrogens is 3. The molecule has 0 amide bonds. The second-order valence-electron chi connectivity index (χ2n) is 7.18. The van der Waals surface area contributed by atoms with Gasteiger partial charge in [-0.25, -0.2) is 0 Å². The lowest BCUT2D eigenvalue weighted by Crippen LogP contribution is -2.33. The van der Waals surface area contributed by atoms with Gasteiger partial charge in [-0.3, -0.25) is 4.90 Å². The van der Waals surface area contributed by atoms with E-state index < -0.39 is 0 Å². The van der Waals surface area contributed by atoms with E-state index in [0.717, 1.165) is 24.4 Å². The minimum atomic E-state index is 0.349. The van der Waals surface area contributed by atoms with Gasteiger partial charge in [-0.15, -0.1) is 10.2 Å². The van der Waals surface area contributed by atoms with Gasteiger partial charge in [0.2, 0.25) is 5.89 Å². The molecule has 142 valence electrons. The van der Waals surface area contributed by atoms with Crippen LogP contribution in [0.4, 0.5) is 0 Å². The number of hydrogen-bond acceptors (Lipinski definition) is 5. The molecule has 0 radical (unpaired) electrons. The summed E-state index contributed by atoms with van der Waals surface area (Å²) in [4.78, 5) is 2.44. The van der Waals surface area contributed by atoms with Crippen molar-refractivity contribution in [2.24, 2.45) is 7.05 Å². The molecule has 0 saturated carbocycles. The van der Waals surface area contributed by atoms with Crippen molar-refractivity contribution >= 4 is 0 Å². The number of benzene rings is 1. The van der Waals surface area contributed by atoms with Crippen LogP contribution in [0.15, 0.2) is 40.8 Å². The highest BCUT2D eigenvalue weighted by Crippen LogP contribution is 2.33. The Balaban J connectivity index is 1.54. The molecule has 1 saturated heterocycles. The number of hydrogen-bond donors (Lipinski definition) is 0. The highest BCUT2D eigenvalue weighted by Gasteiger charge is 2.26. The fourth-order valence-electron chi connectivity index (χ4n) is 3.83. The quantitative estimate of drug-likeness (QED) is 0.680. The van der Waals surface area contributed by atoms with Gasteiger partial charge in [-0.2, -0.15) is 0 Å². The molecule has 4 rings (SSSR count). The molecule has 1 aliphatic rings. The summed E-state index contributed by atoms with van der Waals surface area (Å²) in [6.45, 7) is 3.76. The van der Waals surface area contributed by atoms with Crippen LogP contribution in [0.2, 0.25) is 0 Å². The first-order valence-corrected chi connectivity index (χ1v) is 9.49. The summed E-state index contributed by atoms with van der Waals surface area (Å²) in [6.07, 6.45) is 3.56. The van der Waals surface area contributed by atoms with E-state index in [2.05, 4.69) is 50.9 Å². The zero-order chi connectivity index (χ0) is 18.8. The highest BCUT2D eigenvalue weighted by molar-refractivity contribution is 5.48. The summed E-state index contributed by atoms with van der Waals surface area (Å²) in [7, 11) is 3.72. The van der Waals surface area contributed by atoms with Crippen LogP contribution in [0.5, 0.6) is 5.75 Å². The lowest BCUT2D eigenvalue weighted by atomic mass is 9.95. The topological polar surface area (TPSA) is 56.3 Å². The zero-order valence-electron chi connectivity index (χ0n) is 16.2. The number of likely N-dealkylation sites (tertiary alicyclic amines) is 1. The average Bonchev–Trinajstić information content (AvgIpc) is 3.29. The lowest BCUT2D eigenvalue weighted by molar-refractivity contribution is 0.128. The molecule has 0 aliphatic carbocycles. The third-order valence-electron chi connectivity index (χ3n) is 5.49. The summed E-state index contributed by atoms with van der Waals surface area (Å²) in [5.41, 5.74) is 3.40. The molecule has 3 heterocycles. The Bertz CT molecular complexity index is 915. The summed E-state index contributed by atoms with van der Waals surface area (Å²) >= 11 is 0. The predicted octanol–water partition coefficient (Wildman–Crippen LogP) is 4.12. The van der Waals surface area contributed by atoms with Gasteiger partial charge in [-0.05, 0) is 56.1 Å². The summed E-state index contributed by atoms with van der Waals surface area (Å²) in [5, 5.41) is 8.57. The van der Waals surface area contributed by atoms with Crippen LogP contribution in [0.3, 0.4) is 0 Å². The molecule has 1 aliphatic heterocycles. The van der Waals surface area contributed by atoms with Crippen LogP contribution in [-0.4, -0.2) is 33.3 Å². The Morgan fingerprint density at radius 3 is 2.85 bits per heavy atom. The Labute approximate surface area is 159 Å². The maximum atomic E-state index is 5.99. The molecule has 2 aromatic heterocycles. The Morgan fingerprint density at radius 2 is 2.07 bits per heavy atom. The van der Waals surface area contributed by atoms with Crippen LogP contribution in [0, 0.1) is 6.92 Å². The van der Waals surface area contributed by atoms with Crippen LogP contribution in [-0.2, 0) is 13.6 Å². The van der Waals surface area contributed by atoms with Crippen LogP contribution < -0.4 is 4.74 Å². The number of ether oxygens (including phenoxy) is 1. The van der Waals surface area contributed by atoms with Crippen molar-refractivity contribution in [2.75, 3.05) is 13.7 Å². The molecule has 1 atom stereocenters. The minimum absolute atomic E-state index is 0.349. The normalized spacial score (nSPS) is 18.0. The van der Waals surface area contributed by atoms with E-state index in [4.69, 9.17) is 9.15 Å². The summed E-state index contributed by atoms with van der Waals surface area (Å²) in [5.74, 6) is 2.14. The van der Waals surface area contributed by atoms with E-state index in [-0.39, 0.29) is 0 Å². The van der Waals surface area contributed by atoms with Crippen LogP contribution in [0.1, 0.15) is 42.5 Å². The fourth-order valence-corrected chi connectivity index (χ4v) is 3.83. The monoisotopic (exact) mass is 366 g/mol. The zero-order valence-corrected chi connectivity index (χ0v) is 16.2. The van der Waals surface area contributed by atoms with E-state index in [0.29, 0.717) is 24.4 Å². The third kappa shape index (κ3) is 3.62. The maximum Gasteiger partial charge on any atom is 0.264 e. The van der Waals surface area contributed by atoms with E-state index in [1.165, 1.54) is 24.1 Å². The molecule has 0 bridgehead atoms. The Hall–Kier alpha value is -2.60. The molecule has 27 heavy (non-hydrogen) atoms. The van der Waals surface area contributed by atoms with E-state index >= 15 is 0 Å². The number of methoxy groups -OCH3 is 1. The fraction of sp³-hybridized carbons (Fsp3) is 0.429. The summed E-state index contributed by atoms with van der Waals surface area (Å²) in [6, 6.07) is 12.8. The van der Waals surface area contributed by atoms with Gasteiger partial charge >= 0.3 is 0 Å². The van der Waals surface area contributed by atoms with E-state index in [1.807, 2.05) is 19.2 Å². The number of aryl methyl sites for hydroxylation is 1. The van der Waals surface area contributed by atoms with Crippen molar-refractivity contribution in [1.29, 1.82) is 0 Å². The van der Waals surface area contributed by atoms with Crippen molar-refractivity contribution in [3.05, 3.63) is 53.5 Å². The first-order chi connectivity index (χ1) is 13.2. The van der Waals surface area contributed by atoms with Crippen molar-refractivity contribution in [2.45, 2.75) is 38.8 Å². The molecule has 0 N–H and O–H groups in total. The van der Waals surface area contributed by atoms with E-state index in [1.54, 1.807) is 7.11 Å². The first-order valence-electron chi connectivity index (χ1n) is 9.49. The van der Waals surface area contributed by atoms with Gasteiger partial charge in [0.1, 0.15) is 11.4 Å². The Kier molecular flexibility index (Phi) is 4.99. The van der Waals surface area contributed by atoms with Gasteiger partial charge in [-0.1, -0.05) is 18.6 Å². The molecule has 3 aromatic rings. The van der Waals surface area contributed by atoms with E-state index in [9.17, 15) is 0 Å². The average molecular weight is 366 g/mol. The van der Waals surface area contributed by atoms with Gasteiger partial charge in [0.25, 0.3) is 5.89 Å². The second-order valence-corrected chi connectivity index (χ2v) is 7.18. The van der Waals surface area contributed by atoms with Crippen LogP contribution >= 0.6 is 0 Å². The van der Waals surface area contributed by atoms with Gasteiger partial charge in [0, 0.05) is 18.8 Å². The van der Waals surface area contributed by atoms with Crippen molar-refractivity contribution in [3.8, 4) is 17.3 Å². The highest BCUT2D eigenvalue weighted by atomic mass is 16.5. The summed E-state index contributed by atoms with van der Waals surface area (Å²) < 4.78 is 13.5. The van der Waals surface area contributed by atoms with Crippen LogP contribution in [0.25, 0.3) is 11.6 Å².